The Kier molecular flexibility index (Phi) is 5.44. The summed E-state index contributed by atoms with van der Waals surface area (Å²) in [6.07, 6.45) is 2.64. The van der Waals surface area contributed by atoms with Crippen molar-refractivity contribution in [1.82, 2.24) is 9.71 Å². The van der Waals surface area contributed by atoms with Crippen LogP contribution in [0.5, 0.6) is 0 Å². The van der Waals surface area contributed by atoms with E-state index in [9.17, 15) is 8.42 Å². The van der Waals surface area contributed by atoms with Gasteiger partial charge in [0.1, 0.15) is 5.25 Å². The van der Waals surface area contributed by atoms with Crippen molar-refractivity contribution >= 4 is 38.6 Å². The van der Waals surface area contributed by atoms with Gasteiger partial charge in [0.25, 0.3) is 0 Å². The third-order valence-corrected chi connectivity index (χ3v) is 5.40. The highest BCUT2D eigenvalue weighted by atomic mass is 32.2. The van der Waals surface area contributed by atoms with Crippen molar-refractivity contribution in [2.45, 2.75) is 25.0 Å². The lowest BCUT2D eigenvalue weighted by Crippen LogP contribution is -2.42. The fourth-order valence-electron chi connectivity index (χ4n) is 1.35. The van der Waals surface area contributed by atoms with Gasteiger partial charge < -0.3 is 5.73 Å². The Bertz CT molecular complexity index is 456. The first-order valence-electron chi connectivity index (χ1n) is 5.13. The minimum absolute atomic E-state index is 0.00856. The Balaban J connectivity index is 2.52. The van der Waals surface area contributed by atoms with E-state index in [1.807, 2.05) is 5.38 Å². The molecule has 1 heterocycles. The first kappa shape index (κ1) is 14.5. The van der Waals surface area contributed by atoms with Gasteiger partial charge in [0.2, 0.25) is 10.0 Å². The van der Waals surface area contributed by atoms with Crippen LogP contribution in [0, 0.1) is 0 Å². The molecule has 8 heteroatoms. The lowest BCUT2D eigenvalue weighted by atomic mass is 10.3. The smallest absolute Gasteiger partial charge is 0.221 e. The van der Waals surface area contributed by atoms with Gasteiger partial charge >= 0.3 is 0 Å². The predicted octanol–water partition coefficient (Wildman–Crippen LogP) is 0.670. The number of nitrogens with one attached hydrogen (secondary N) is 1. The molecule has 0 amide bonds. The predicted molar refractivity (Wildman–Crippen MR) is 73.6 cm³/mol. The average molecular weight is 293 g/mol. The number of rotatable bonds is 7. The third kappa shape index (κ3) is 4.30. The van der Waals surface area contributed by atoms with Gasteiger partial charge in [-0.3, -0.25) is 0 Å². The fraction of sp³-hybridized carbons (Fsp3) is 0.556. The molecule has 0 aliphatic heterocycles. The van der Waals surface area contributed by atoms with Crippen molar-refractivity contribution < 1.29 is 8.42 Å². The maximum absolute atomic E-state index is 11.8. The molecular weight excluding hydrogens is 278 g/mol. The molecule has 5 nitrogen and oxygen atoms in total. The van der Waals surface area contributed by atoms with Crippen molar-refractivity contribution in [2.24, 2.45) is 5.73 Å². The molecule has 17 heavy (non-hydrogen) atoms. The summed E-state index contributed by atoms with van der Waals surface area (Å²) < 4.78 is 26.2. The molecule has 0 saturated carbocycles. The highest BCUT2D eigenvalue weighted by molar-refractivity contribution is 7.93. The van der Waals surface area contributed by atoms with Crippen LogP contribution in [0.1, 0.15) is 18.4 Å². The summed E-state index contributed by atoms with van der Waals surface area (Å²) >= 11 is 6.24. The number of thiocarbonyl (C=S) groups is 1. The number of aromatic nitrogens is 1. The highest BCUT2D eigenvalue weighted by Crippen LogP contribution is 2.07. The van der Waals surface area contributed by atoms with Crippen molar-refractivity contribution in [3.63, 3.8) is 0 Å². The number of nitrogens with zero attached hydrogens (tertiary/aromatic N) is 1. The number of thiazole rings is 1. The second kappa shape index (κ2) is 6.39. The zero-order chi connectivity index (χ0) is 12.9. The summed E-state index contributed by atoms with van der Waals surface area (Å²) in [5.41, 5.74) is 5.40. The quantitative estimate of drug-likeness (QED) is 0.722. The molecule has 0 aromatic carbocycles. The second-order valence-electron chi connectivity index (χ2n) is 3.41. The molecule has 96 valence electrons. The van der Waals surface area contributed by atoms with Crippen LogP contribution in [-0.4, -0.2) is 30.2 Å². The van der Waals surface area contributed by atoms with Gasteiger partial charge in [-0.15, -0.1) is 11.3 Å². The van der Waals surface area contributed by atoms with Gasteiger partial charge in [-0.2, -0.15) is 0 Å². The number of hydrogen-bond acceptors (Lipinski definition) is 5. The Morgan fingerprint density at radius 3 is 2.88 bits per heavy atom. The van der Waals surface area contributed by atoms with E-state index in [1.165, 1.54) is 11.3 Å². The molecule has 1 aromatic heterocycles. The fourth-order valence-corrected chi connectivity index (χ4v) is 3.85. The summed E-state index contributed by atoms with van der Waals surface area (Å²) in [5, 5.41) is 1.96. The van der Waals surface area contributed by atoms with E-state index in [1.54, 1.807) is 13.1 Å². The Morgan fingerprint density at radius 2 is 2.41 bits per heavy atom. The zero-order valence-electron chi connectivity index (χ0n) is 9.42. The van der Waals surface area contributed by atoms with E-state index in [0.717, 1.165) is 5.01 Å². The van der Waals surface area contributed by atoms with Gasteiger partial charge in [-0.1, -0.05) is 19.1 Å². The molecule has 1 atom stereocenters. The van der Waals surface area contributed by atoms with Gasteiger partial charge in [0, 0.05) is 24.5 Å². The van der Waals surface area contributed by atoms with Crippen molar-refractivity contribution in [2.75, 3.05) is 6.54 Å². The van der Waals surface area contributed by atoms with Crippen LogP contribution in [-0.2, 0) is 16.4 Å². The highest BCUT2D eigenvalue weighted by Gasteiger charge is 2.25. The lowest BCUT2D eigenvalue weighted by molar-refractivity contribution is 0.574. The molecule has 1 rings (SSSR count). The molecule has 0 spiro atoms. The number of nitrogens with two attached hydrogens (primary N) is 1. The van der Waals surface area contributed by atoms with Crippen molar-refractivity contribution in [1.29, 1.82) is 0 Å². The lowest BCUT2D eigenvalue weighted by Gasteiger charge is -2.14. The summed E-state index contributed by atoms with van der Waals surface area (Å²) in [6, 6.07) is 0. The maximum atomic E-state index is 11.8. The van der Waals surface area contributed by atoms with Gasteiger partial charge in [-0.25, -0.2) is 18.1 Å². The molecular formula is C9H15N3O2S3. The van der Waals surface area contributed by atoms with E-state index in [4.69, 9.17) is 18.0 Å². The van der Waals surface area contributed by atoms with Crippen LogP contribution in [0.4, 0.5) is 0 Å². The maximum Gasteiger partial charge on any atom is 0.221 e. The zero-order valence-corrected chi connectivity index (χ0v) is 11.9. The Hall–Kier alpha value is -0.570. The van der Waals surface area contributed by atoms with Crippen molar-refractivity contribution in [3.8, 4) is 0 Å². The standard InChI is InChI=1S/C9H15N3O2S3/c1-2-7(9(10)15)17(13,14)12-4-3-8-11-5-6-16-8/h5-7,12H,2-4H2,1H3,(H2,10,15). The molecule has 0 saturated heterocycles. The van der Waals surface area contributed by atoms with Gasteiger partial charge in [0.05, 0.1) is 10.00 Å². The molecule has 1 aromatic rings. The first-order valence-corrected chi connectivity index (χ1v) is 7.97. The van der Waals surface area contributed by atoms with E-state index >= 15 is 0 Å². The van der Waals surface area contributed by atoms with E-state index in [-0.39, 0.29) is 4.99 Å². The van der Waals surface area contributed by atoms with E-state index < -0.39 is 15.3 Å². The summed E-state index contributed by atoms with van der Waals surface area (Å²) in [7, 11) is -3.46. The van der Waals surface area contributed by atoms with Crippen LogP contribution >= 0.6 is 23.6 Å². The summed E-state index contributed by atoms with van der Waals surface area (Å²) in [6.45, 7) is 2.05. The van der Waals surface area contributed by atoms with Crippen LogP contribution in [0.25, 0.3) is 0 Å². The average Bonchev–Trinajstić information content (AvgIpc) is 2.69. The topological polar surface area (TPSA) is 85.1 Å². The molecule has 0 bridgehead atoms. The molecule has 0 radical (unpaired) electrons. The largest absolute Gasteiger partial charge is 0.392 e. The SMILES string of the molecule is CCC(C(N)=S)S(=O)(=O)NCCc1nccs1. The number of hydrogen-bond donors (Lipinski definition) is 2. The molecule has 3 N–H and O–H groups in total. The molecule has 0 aliphatic carbocycles. The van der Waals surface area contributed by atoms with Crippen LogP contribution in [0.15, 0.2) is 11.6 Å². The van der Waals surface area contributed by atoms with Gasteiger partial charge in [0.15, 0.2) is 0 Å². The normalized spacial score (nSPS) is 13.5. The van der Waals surface area contributed by atoms with Crippen LogP contribution < -0.4 is 10.5 Å². The third-order valence-electron chi connectivity index (χ3n) is 2.19. The summed E-state index contributed by atoms with van der Waals surface area (Å²) in [4.78, 5) is 4.08. The van der Waals surface area contributed by atoms with Crippen LogP contribution in [0.2, 0.25) is 0 Å². The Morgan fingerprint density at radius 1 is 1.71 bits per heavy atom. The second-order valence-corrected chi connectivity index (χ2v) is 6.81. The molecule has 0 fully saturated rings. The molecule has 0 aliphatic rings. The molecule has 1 unspecified atom stereocenters. The van der Waals surface area contributed by atoms with Crippen molar-refractivity contribution in [3.05, 3.63) is 16.6 Å². The van der Waals surface area contributed by atoms with Crippen LogP contribution in [0.3, 0.4) is 0 Å². The minimum atomic E-state index is -3.46. The summed E-state index contributed by atoms with van der Waals surface area (Å²) in [5.74, 6) is 0. The Labute approximate surface area is 110 Å². The number of sulfonamides is 1. The van der Waals surface area contributed by atoms with E-state index in [0.29, 0.717) is 19.4 Å². The van der Waals surface area contributed by atoms with E-state index in [2.05, 4.69) is 9.71 Å². The van der Waals surface area contributed by atoms with Gasteiger partial charge in [-0.05, 0) is 6.42 Å². The monoisotopic (exact) mass is 293 g/mol. The first-order chi connectivity index (χ1) is 7.97. The minimum Gasteiger partial charge on any atom is -0.392 e.